The number of hydrogen-bond donors (Lipinski definition) is 5. The predicted octanol–water partition coefficient (Wildman–Crippen LogP) is 3.19. The number of hydrogen-bond acceptors (Lipinski definition) is 13. The Morgan fingerprint density at radius 2 is 1.80 bits per heavy atom. The summed E-state index contributed by atoms with van der Waals surface area (Å²) < 4.78 is 17.5. The Morgan fingerprint density at radius 3 is 2.47 bits per heavy atom. The number of fused-ring (bicyclic) bond motifs is 3. The molecule has 15 heteroatoms. The minimum Gasteiger partial charge on any atom is -0.507 e. The maximum Gasteiger partial charge on any atom is 0.269 e. The van der Waals surface area contributed by atoms with Crippen molar-refractivity contribution >= 4 is 35.4 Å². The van der Waals surface area contributed by atoms with Crippen molar-refractivity contribution in [1.29, 1.82) is 0 Å². The van der Waals surface area contributed by atoms with E-state index < -0.39 is 87.6 Å². The van der Waals surface area contributed by atoms with E-state index in [1.54, 1.807) is 19.1 Å². The molecular weight excluding hydrogens is 664 g/mol. The lowest BCUT2D eigenvalue weighted by Crippen LogP contribution is -2.54. The van der Waals surface area contributed by atoms with Crippen molar-refractivity contribution in [2.75, 3.05) is 7.11 Å². The molecule has 5 N–H and O–H groups in total. The number of ketones is 3. The Labute approximate surface area is 286 Å². The standard InChI is InChI=1S/C34H34N2O12.ClH/c1-15-29(38)21(35-14-17-6-4-7-18(10-17)36(44)45)11-24(47-15)48-23-13-34(43,16(2)37)12-20-26(23)33(42)28-27(31(20)40)30(39)19-8-5-9-22(46-3)25(19)32(28)41;/h4-10,15,21,23-24,29,35,38,40,42-43H,11-14H2,1-3H3;1H/t15?,21?,23-,24?,29?,34-;/m0./s1. The van der Waals surface area contributed by atoms with E-state index in [2.05, 4.69) is 5.32 Å². The Balaban J connectivity index is 0.00000468. The number of non-ortho nitro benzene ring substituents is 1. The van der Waals surface area contributed by atoms with Crippen LogP contribution >= 0.6 is 12.4 Å². The summed E-state index contributed by atoms with van der Waals surface area (Å²) in [5.74, 6) is -3.39. The second-order valence-corrected chi connectivity index (χ2v) is 12.4. The number of halogens is 1. The highest BCUT2D eigenvalue weighted by atomic mass is 35.5. The fourth-order valence-electron chi connectivity index (χ4n) is 6.86. The monoisotopic (exact) mass is 698 g/mol. The fourth-order valence-corrected chi connectivity index (χ4v) is 6.86. The summed E-state index contributed by atoms with van der Waals surface area (Å²) in [5, 5.41) is 59.9. The second kappa shape index (κ2) is 13.5. The highest BCUT2D eigenvalue weighted by Gasteiger charge is 2.49. The molecule has 0 radical (unpaired) electrons. The molecule has 14 nitrogen and oxygen atoms in total. The maximum absolute atomic E-state index is 13.8. The lowest BCUT2D eigenvalue weighted by atomic mass is 9.72. The third-order valence-corrected chi connectivity index (χ3v) is 9.44. The molecule has 0 amide bonds. The van der Waals surface area contributed by atoms with Gasteiger partial charge in [0.15, 0.2) is 17.9 Å². The second-order valence-electron chi connectivity index (χ2n) is 12.4. The van der Waals surface area contributed by atoms with Gasteiger partial charge in [-0.1, -0.05) is 24.3 Å². The summed E-state index contributed by atoms with van der Waals surface area (Å²) in [4.78, 5) is 50.9. The lowest BCUT2D eigenvalue weighted by Gasteiger charge is -2.43. The number of ether oxygens (including phenoxy) is 3. The molecule has 260 valence electrons. The van der Waals surface area contributed by atoms with Gasteiger partial charge >= 0.3 is 0 Å². The number of methoxy groups -OCH3 is 1. The number of carbonyl (C=O) groups is 3. The van der Waals surface area contributed by atoms with Crippen molar-refractivity contribution in [2.45, 2.75) is 75.9 Å². The first kappa shape index (κ1) is 35.9. The van der Waals surface area contributed by atoms with Gasteiger partial charge in [0, 0.05) is 60.7 Å². The van der Waals surface area contributed by atoms with Crippen molar-refractivity contribution in [3.63, 3.8) is 0 Å². The van der Waals surface area contributed by atoms with E-state index in [1.165, 1.54) is 37.4 Å². The number of phenolic OH excluding ortho intramolecular Hbond substituents is 2. The van der Waals surface area contributed by atoms with Gasteiger partial charge in [-0.05, 0) is 25.5 Å². The van der Waals surface area contributed by atoms with Crippen molar-refractivity contribution in [3.05, 3.63) is 91.5 Å². The van der Waals surface area contributed by atoms with Crippen LogP contribution in [-0.4, -0.2) is 79.9 Å². The zero-order valence-electron chi connectivity index (χ0n) is 26.7. The van der Waals surface area contributed by atoms with Crippen LogP contribution in [-0.2, 0) is 27.2 Å². The topological polar surface area (TPSA) is 215 Å². The van der Waals surface area contributed by atoms with Crippen molar-refractivity contribution < 1.29 is 53.9 Å². The number of benzene rings is 3. The normalized spacial score (nSPS) is 25.8. The molecule has 1 heterocycles. The van der Waals surface area contributed by atoms with E-state index >= 15 is 0 Å². The maximum atomic E-state index is 13.8. The Morgan fingerprint density at radius 1 is 1.10 bits per heavy atom. The van der Waals surface area contributed by atoms with Crippen molar-refractivity contribution in [3.8, 4) is 17.2 Å². The van der Waals surface area contributed by atoms with Crippen LogP contribution in [0.25, 0.3) is 0 Å². The van der Waals surface area contributed by atoms with Gasteiger partial charge in [-0.25, -0.2) is 0 Å². The number of rotatable bonds is 8. The zero-order valence-corrected chi connectivity index (χ0v) is 27.5. The summed E-state index contributed by atoms with van der Waals surface area (Å²) in [7, 11) is 1.33. The van der Waals surface area contributed by atoms with Crippen molar-refractivity contribution in [2.24, 2.45) is 0 Å². The number of aliphatic hydroxyl groups excluding tert-OH is 1. The largest absolute Gasteiger partial charge is 0.507 e. The van der Waals surface area contributed by atoms with E-state index in [0.717, 1.165) is 6.92 Å². The number of Topliss-reactive ketones (excluding diaryl/α,β-unsaturated/α-hetero) is 1. The predicted molar refractivity (Wildman–Crippen MR) is 173 cm³/mol. The summed E-state index contributed by atoms with van der Waals surface area (Å²) in [5.41, 5.74) is -2.81. The molecule has 1 aliphatic heterocycles. The molecule has 1 fully saturated rings. The summed E-state index contributed by atoms with van der Waals surface area (Å²) >= 11 is 0. The molecule has 3 aliphatic rings. The van der Waals surface area contributed by atoms with Crippen LogP contribution in [0.4, 0.5) is 5.69 Å². The van der Waals surface area contributed by atoms with E-state index in [0.29, 0.717) is 5.56 Å². The molecule has 0 spiro atoms. The van der Waals surface area contributed by atoms with Gasteiger partial charge in [0.2, 0.25) is 5.78 Å². The van der Waals surface area contributed by atoms with Crippen LogP contribution in [0, 0.1) is 10.1 Å². The van der Waals surface area contributed by atoms with Gasteiger partial charge in [0.1, 0.15) is 22.8 Å². The molecule has 6 atom stereocenters. The average molecular weight is 699 g/mol. The van der Waals surface area contributed by atoms with E-state index in [-0.39, 0.29) is 65.5 Å². The number of nitrogens with zero attached hydrogens (tertiary/aromatic N) is 1. The average Bonchev–Trinajstić information content (AvgIpc) is 3.05. The minimum absolute atomic E-state index is 0. The molecular formula is C34H35ClN2O12. The van der Waals surface area contributed by atoms with Gasteiger partial charge in [0.05, 0.1) is 47.0 Å². The van der Waals surface area contributed by atoms with Gasteiger partial charge in [-0.2, -0.15) is 0 Å². The summed E-state index contributed by atoms with van der Waals surface area (Å²) in [6, 6.07) is 9.78. The van der Waals surface area contributed by atoms with Gasteiger partial charge in [0.25, 0.3) is 5.69 Å². The van der Waals surface area contributed by atoms with E-state index in [1.807, 2.05) is 0 Å². The number of phenols is 2. The third kappa shape index (κ3) is 6.16. The number of nitrogens with one attached hydrogen (secondary N) is 1. The number of nitro groups is 1. The molecule has 6 rings (SSSR count). The third-order valence-electron chi connectivity index (χ3n) is 9.44. The first-order valence-electron chi connectivity index (χ1n) is 15.3. The minimum atomic E-state index is -2.07. The summed E-state index contributed by atoms with van der Waals surface area (Å²) in [6.45, 7) is 2.94. The first-order chi connectivity index (χ1) is 22.7. The van der Waals surface area contributed by atoms with E-state index in [4.69, 9.17) is 14.2 Å². The zero-order chi connectivity index (χ0) is 34.7. The highest BCUT2D eigenvalue weighted by molar-refractivity contribution is 6.31. The van der Waals surface area contributed by atoms with Gasteiger partial charge in [-0.15, -0.1) is 12.4 Å². The quantitative estimate of drug-likeness (QED) is 0.102. The van der Waals surface area contributed by atoms with Crippen LogP contribution in [0.15, 0.2) is 42.5 Å². The molecule has 0 saturated carbocycles. The molecule has 0 aromatic heterocycles. The van der Waals surface area contributed by atoms with E-state index in [9.17, 15) is 44.9 Å². The molecule has 0 bridgehead atoms. The van der Waals surface area contributed by atoms with Crippen LogP contribution in [0.1, 0.15) is 81.3 Å². The van der Waals surface area contributed by atoms with Crippen molar-refractivity contribution in [1.82, 2.24) is 5.32 Å². The fraction of sp³-hybridized carbons (Fsp3) is 0.382. The molecule has 4 unspecified atom stereocenters. The Hall–Kier alpha value is -4.44. The molecule has 49 heavy (non-hydrogen) atoms. The number of nitro benzene ring substituents is 1. The van der Waals surface area contributed by atoms with Gasteiger partial charge < -0.3 is 40.0 Å². The smallest absolute Gasteiger partial charge is 0.269 e. The highest BCUT2D eigenvalue weighted by Crippen LogP contribution is 2.52. The van der Waals surface area contributed by atoms with Crippen LogP contribution < -0.4 is 10.1 Å². The Kier molecular flexibility index (Phi) is 9.85. The summed E-state index contributed by atoms with van der Waals surface area (Å²) in [6.07, 6.45) is -5.02. The number of carbonyl (C=O) groups excluding carboxylic acids is 3. The SMILES string of the molecule is COc1cccc2c1C(=O)c1c(O)c3c(c(O)c1C2=O)C[C@@](O)(C(C)=O)C[C@@H]3OC1CC(NCc2cccc([N+](=O)[O-])c2)C(O)C(C)O1.Cl. The first-order valence-corrected chi connectivity index (χ1v) is 15.3. The van der Waals surface area contributed by atoms with Crippen LogP contribution in [0.3, 0.4) is 0 Å². The Bertz CT molecular complexity index is 1860. The van der Waals surface area contributed by atoms with Crippen LogP contribution in [0.2, 0.25) is 0 Å². The van der Waals surface area contributed by atoms with Crippen LogP contribution in [0.5, 0.6) is 17.2 Å². The number of aliphatic hydroxyl groups is 2. The molecule has 3 aromatic rings. The number of aromatic hydroxyl groups is 2. The molecule has 2 aliphatic carbocycles. The molecule has 3 aromatic carbocycles. The van der Waals surface area contributed by atoms with Gasteiger partial charge in [-0.3, -0.25) is 24.5 Å². The lowest BCUT2D eigenvalue weighted by molar-refractivity contribution is -0.384. The molecule has 1 saturated heterocycles.